The number of halogens is 1. The van der Waals surface area contributed by atoms with Gasteiger partial charge in [0.15, 0.2) is 5.11 Å². The fourth-order valence-electron chi connectivity index (χ4n) is 2.46. The Bertz CT molecular complexity index is 970. The minimum absolute atomic E-state index is 0.0240. The van der Waals surface area contributed by atoms with Crippen molar-refractivity contribution in [3.63, 3.8) is 0 Å². The van der Waals surface area contributed by atoms with E-state index in [4.69, 9.17) is 18.0 Å². The number of thiocarbonyl (C=S) groups is 1. The summed E-state index contributed by atoms with van der Waals surface area (Å²) in [6.45, 7) is 4.18. The SMILES string of the molecule is C=C(C(=NN(C(N)=S)c1ccc(F)cc1)c1ccccn1)c1ccccc1. The van der Waals surface area contributed by atoms with Crippen LogP contribution in [0, 0.1) is 5.82 Å². The Kier molecular flexibility index (Phi) is 5.68. The van der Waals surface area contributed by atoms with Crippen LogP contribution >= 0.6 is 12.2 Å². The van der Waals surface area contributed by atoms with Gasteiger partial charge in [0.05, 0.1) is 11.4 Å². The molecule has 1 heterocycles. The summed E-state index contributed by atoms with van der Waals surface area (Å²) in [4.78, 5) is 4.38. The van der Waals surface area contributed by atoms with Crippen LogP contribution in [-0.2, 0) is 0 Å². The molecule has 0 aliphatic carbocycles. The highest BCUT2D eigenvalue weighted by Crippen LogP contribution is 2.21. The van der Waals surface area contributed by atoms with Crippen LogP contribution in [0.5, 0.6) is 0 Å². The molecule has 0 unspecified atom stereocenters. The molecule has 2 N–H and O–H groups in total. The van der Waals surface area contributed by atoms with E-state index in [1.54, 1.807) is 18.3 Å². The maximum Gasteiger partial charge on any atom is 0.191 e. The summed E-state index contributed by atoms with van der Waals surface area (Å²) in [6.07, 6.45) is 1.67. The summed E-state index contributed by atoms with van der Waals surface area (Å²) >= 11 is 5.16. The summed E-state index contributed by atoms with van der Waals surface area (Å²) in [6, 6.07) is 20.9. The van der Waals surface area contributed by atoms with Crippen molar-refractivity contribution in [3.8, 4) is 0 Å². The van der Waals surface area contributed by atoms with Gasteiger partial charge < -0.3 is 5.73 Å². The van der Waals surface area contributed by atoms with Crippen molar-refractivity contribution in [2.75, 3.05) is 5.01 Å². The van der Waals surface area contributed by atoms with E-state index in [0.717, 1.165) is 5.56 Å². The topological polar surface area (TPSA) is 54.5 Å². The van der Waals surface area contributed by atoms with E-state index in [1.807, 2.05) is 48.5 Å². The zero-order valence-electron chi connectivity index (χ0n) is 14.4. The van der Waals surface area contributed by atoms with E-state index >= 15 is 0 Å². The summed E-state index contributed by atoms with van der Waals surface area (Å²) in [5.74, 6) is -0.357. The first-order valence-electron chi connectivity index (χ1n) is 8.16. The minimum atomic E-state index is -0.357. The number of allylic oxidation sites excluding steroid dienone is 1. The van der Waals surface area contributed by atoms with Gasteiger partial charge in [0.1, 0.15) is 11.5 Å². The molecule has 0 radical (unpaired) electrons. The molecule has 134 valence electrons. The molecule has 0 aliphatic heterocycles. The number of hydrogen-bond donors (Lipinski definition) is 1. The summed E-state index contributed by atoms with van der Waals surface area (Å²) in [5.41, 5.74) is 9.11. The fraction of sp³-hybridized carbons (Fsp3) is 0. The molecule has 0 amide bonds. The molecule has 1 aromatic heterocycles. The minimum Gasteiger partial charge on any atom is -0.374 e. The summed E-state index contributed by atoms with van der Waals surface area (Å²) in [7, 11) is 0. The predicted molar refractivity (Wildman–Crippen MR) is 112 cm³/mol. The Labute approximate surface area is 162 Å². The first-order valence-corrected chi connectivity index (χ1v) is 8.57. The first kappa shape index (κ1) is 18.4. The molecule has 0 fully saturated rings. The molecule has 0 saturated carbocycles. The second kappa shape index (κ2) is 8.33. The second-order valence-corrected chi connectivity index (χ2v) is 6.05. The smallest absolute Gasteiger partial charge is 0.191 e. The number of aromatic nitrogens is 1. The second-order valence-electron chi connectivity index (χ2n) is 5.63. The third-order valence-corrected chi connectivity index (χ3v) is 3.97. The molecular formula is C21H17FN4S. The number of hydrazone groups is 1. The van der Waals surface area contributed by atoms with Crippen LogP contribution in [0.15, 0.2) is 90.7 Å². The van der Waals surface area contributed by atoms with Crippen molar-refractivity contribution in [3.05, 3.63) is 103 Å². The lowest BCUT2D eigenvalue weighted by Crippen LogP contribution is -2.32. The van der Waals surface area contributed by atoms with Gasteiger partial charge in [-0.15, -0.1) is 0 Å². The van der Waals surface area contributed by atoms with Crippen molar-refractivity contribution >= 4 is 34.3 Å². The number of anilines is 1. The molecule has 4 nitrogen and oxygen atoms in total. The Hall–Kier alpha value is -3.38. The van der Waals surface area contributed by atoms with Crippen LogP contribution in [0.4, 0.5) is 10.1 Å². The van der Waals surface area contributed by atoms with Crippen molar-refractivity contribution in [2.24, 2.45) is 10.8 Å². The number of rotatable bonds is 5. The maximum atomic E-state index is 13.3. The predicted octanol–water partition coefficient (Wildman–Crippen LogP) is 4.39. The number of hydrogen-bond acceptors (Lipinski definition) is 3. The Morgan fingerprint density at radius 2 is 1.67 bits per heavy atom. The normalized spacial score (nSPS) is 11.1. The highest BCUT2D eigenvalue weighted by molar-refractivity contribution is 7.80. The monoisotopic (exact) mass is 376 g/mol. The van der Waals surface area contributed by atoms with E-state index in [0.29, 0.717) is 22.7 Å². The van der Waals surface area contributed by atoms with Crippen LogP contribution in [0.3, 0.4) is 0 Å². The molecule has 0 atom stereocenters. The van der Waals surface area contributed by atoms with Crippen LogP contribution in [0.1, 0.15) is 11.3 Å². The Morgan fingerprint density at radius 3 is 2.26 bits per heavy atom. The van der Waals surface area contributed by atoms with Gasteiger partial charge in [-0.25, -0.2) is 9.40 Å². The lowest BCUT2D eigenvalue weighted by molar-refractivity contribution is 0.628. The lowest BCUT2D eigenvalue weighted by Gasteiger charge is -2.20. The van der Waals surface area contributed by atoms with Crippen LogP contribution in [-0.4, -0.2) is 15.8 Å². The molecule has 6 heteroatoms. The number of benzene rings is 2. The van der Waals surface area contributed by atoms with Gasteiger partial charge in [-0.05, 0) is 54.2 Å². The lowest BCUT2D eigenvalue weighted by atomic mass is 10.0. The van der Waals surface area contributed by atoms with Gasteiger partial charge in [-0.1, -0.05) is 43.0 Å². The number of nitrogens with two attached hydrogens (primary N) is 1. The van der Waals surface area contributed by atoms with E-state index in [2.05, 4.69) is 16.7 Å². The van der Waals surface area contributed by atoms with Crippen LogP contribution in [0.25, 0.3) is 5.57 Å². The average molecular weight is 376 g/mol. The quantitative estimate of drug-likeness (QED) is 0.408. The van der Waals surface area contributed by atoms with Crippen molar-refractivity contribution in [1.82, 2.24) is 4.98 Å². The third-order valence-electron chi connectivity index (χ3n) is 3.80. The van der Waals surface area contributed by atoms with Crippen molar-refractivity contribution < 1.29 is 4.39 Å². The highest BCUT2D eigenvalue weighted by Gasteiger charge is 2.16. The molecule has 0 aliphatic rings. The van der Waals surface area contributed by atoms with E-state index < -0.39 is 0 Å². The van der Waals surface area contributed by atoms with Crippen LogP contribution < -0.4 is 10.7 Å². The molecule has 0 saturated heterocycles. The maximum absolute atomic E-state index is 13.3. The Balaban J connectivity index is 2.11. The van der Waals surface area contributed by atoms with Crippen molar-refractivity contribution in [2.45, 2.75) is 0 Å². The molecule has 27 heavy (non-hydrogen) atoms. The van der Waals surface area contributed by atoms with E-state index in [1.165, 1.54) is 17.1 Å². The highest BCUT2D eigenvalue weighted by atomic mass is 32.1. The molecule has 3 rings (SSSR count). The van der Waals surface area contributed by atoms with Crippen LogP contribution in [0.2, 0.25) is 0 Å². The van der Waals surface area contributed by atoms with Gasteiger partial charge in [0, 0.05) is 11.8 Å². The summed E-state index contributed by atoms with van der Waals surface area (Å²) < 4.78 is 13.3. The zero-order chi connectivity index (χ0) is 19.2. The van der Waals surface area contributed by atoms with E-state index in [9.17, 15) is 4.39 Å². The van der Waals surface area contributed by atoms with Gasteiger partial charge in [-0.3, -0.25) is 4.98 Å². The van der Waals surface area contributed by atoms with Gasteiger partial charge in [-0.2, -0.15) is 5.10 Å². The van der Waals surface area contributed by atoms with Crippen molar-refractivity contribution in [1.29, 1.82) is 0 Å². The summed E-state index contributed by atoms with van der Waals surface area (Å²) in [5, 5.41) is 6.01. The number of pyridine rings is 1. The standard InChI is InChI=1S/C21H17FN4S/c1-15(16-7-3-2-4-8-16)20(19-9-5-6-14-24-19)25-26(21(23)27)18-12-10-17(22)11-13-18/h2-14H,1H2,(H2,23,27). The van der Waals surface area contributed by atoms with Gasteiger partial charge in [0.25, 0.3) is 0 Å². The average Bonchev–Trinajstić information content (AvgIpc) is 2.70. The number of nitrogens with zero attached hydrogens (tertiary/aromatic N) is 3. The van der Waals surface area contributed by atoms with Gasteiger partial charge >= 0.3 is 0 Å². The zero-order valence-corrected chi connectivity index (χ0v) is 15.2. The molecule has 0 bridgehead atoms. The molecule has 2 aromatic carbocycles. The largest absolute Gasteiger partial charge is 0.374 e. The third kappa shape index (κ3) is 4.43. The molecule has 3 aromatic rings. The Morgan fingerprint density at radius 1 is 1.00 bits per heavy atom. The van der Waals surface area contributed by atoms with E-state index in [-0.39, 0.29) is 10.9 Å². The fourth-order valence-corrected chi connectivity index (χ4v) is 2.61. The first-order chi connectivity index (χ1) is 13.1. The molecule has 0 spiro atoms. The molecular weight excluding hydrogens is 359 g/mol. The van der Waals surface area contributed by atoms with Gasteiger partial charge in [0.2, 0.25) is 0 Å².